The molecule has 1 aliphatic heterocycles. The monoisotopic (exact) mass is 479 g/mol. The third-order valence-corrected chi connectivity index (χ3v) is 6.12. The van der Waals surface area contributed by atoms with Gasteiger partial charge in [-0.15, -0.1) is 0 Å². The van der Waals surface area contributed by atoms with Crippen LogP contribution in [0.2, 0.25) is 0 Å². The molecule has 182 valence electrons. The molecule has 35 heavy (non-hydrogen) atoms. The van der Waals surface area contributed by atoms with Crippen molar-refractivity contribution in [1.29, 1.82) is 0 Å². The van der Waals surface area contributed by atoms with Gasteiger partial charge in [0.1, 0.15) is 18.0 Å². The molecule has 9 nitrogen and oxygen atoms in total. The van der Waals surface area contributed by atoms with Gasteiger partial charge in [0.15, 0.2) is 17.3 Å². The number of amides is 1. The molecule has 1 fully saturated rings. The SMILES string of the molecule is COCCOc1cc2[nH]nc(-c3cc(-c4ccc(C(=O)N5CCN(C)CC5)cc4)on3)c2cc1F. The van der Waals surface area contributed by atoms with Crippen LogP contribution in [-0.2, 0) is 4.74 Å². The Hall–Kier alpha value is -3.76. The molecule has 0 spiro atoms. The average Bonchev–Trinajstić information content (AvgIpc) is 3.51. The zero-order chi connectivity index (χ0) is 24.4. The minimum atomic E-state index is -0.499. The molecule has 3 heterocycles. The molecule has 1 aliphatic rings. The second-order valence-corrected chi connectivity index (χ2v) is 8.49. The fourth-order valence-electron chi connectivity index (χ4n) is 4.05. The topological polar surface area (TPSA) is 96.7 Å². The summed E-state index contributed by atoms with van der Waals surface area (Å²) in [6.45, 7) is 3.80. The lowest BCUT2D eigenvalue weighted by Crippen LogP contribution is -2.47. The molecular weight excluding hydrogens is 453 g/mol. The van der Waals surface area contributed by atoms with E-state index in [4.69, 9.17) is 14.0 Å². The van der Waals surface area contributed by atoms with E-state index in [2.05, 4.69) is 27.3 Å². The number of benzene rings is 2. The largest absolute Gasteiger partial charge is 0.488 e. The van der Waals surface area contributed by atoms with E-state index >= 15 is 0 Å². The molecule has 4 aromatic rings. The Morgan fingerprint density at radius 1 is 1.11 bits per heavy atom. The number of likely N-dealkylation sites (N-methyl/N-ethyl adjacent to an activating group) is 1. The Morgan fingerprint density at radius 2 is 1.89 bits per heavy atom. The van der Waals surface area contributed by atoms with Crippen LogP contribution in [0.25, 0.3) is 33.6 Å². The number of nitrogens with one attached hydrogen (secondary N) is 1. The van der Waals surface area contributed by atoms with Crippen LogP contribution in [0.3, 0.4) is 0 Å². The molecule has 0 radical (unpaired) electrons. The zero-order valence-electron chi connectivity index (χ0n) is 19.6. The highest BCUT2D eigenvalue weighted by molar-refractivity contribution is 5.95. The molecule has 10 heteroatoms. The third-order valence-electron chi connectivity index (χ3n) is 6.12. The van der Waals surface area contributed by atoms with Crippen molar-refractivity contribution >= 4 is 16.8 Å². The number of methoxy groups -OCH3 is 1. The van der Waals surface area contributed by atoms with Gasteiger partial charge in [-0.05, 0) is 25.2 Å². The van der Waals surface area contributed by atoms with Crippen molar-refractivity contribution in [2.24, 2.45) is 0 Å². The van der Waals surface area contributed by atoms with Crippen LogP contribution in [0.1, 0.15) is 10.4 Å². The first kappa shape index (κ1) is 23.0. The van der Waals surface area contributed by atoms with Gasteiger partial charge in [-0.1, -0.05) is 17.3 Å². The van der Waals surface area contributed by atoms with Crippen molar-refractivity contribution in [3.05, 3.63) is 53.8 Å². The van der Waals surface area contributed by atoms with Crippen LogP contribution in [0, 0.1) is 5.82 Å². The number of aromatic nitrogens is 3. The summed E-state index contributed by atoms with van der Waals surface area (Å²) in [5.74, 6) is 0.172. The van der Waals surface area contributed by atoms with Crippen LogP contribution in [0.15, 0.2) is 47.0 Å². The van der Waals surface area contributed by atoms with Crippen LogP contribution in [-0.4, -0.2) is 84.6 Å². The summed E-state index contributed by atoms with van der Waals surface area (Å²) in [6.07, 6.45) is 0. The number of aromatic amines is 1. The quantitative estimate of drug-likeness (QED) is 0.406. The Labute approximate surface area is 201 Å². The fraction of sp³-hybridized carbons (Fsp3) is 0.320. The summed E-state index contributed by atoms with van der Waals surface area (Å²) in [5.41, 5.74) is 2.97. The summed E-state index contributed by atoms with van der Waals surface area (Å²) in [6, 6.07) is 11.9. The lowest BCUT2D eigenvalue weighted by atomic mass is 10.1. The van der Waals surface area contributed by atoms with Crippen molar-refractivity contribution in [1.82, 2.24) is 25.2 Å². The summed E-state index contributed by atoms with van der Waals surface area (Å²) < 4.78 is 30.5. The highest BCUT2D eigenvalue weighted by Gasteiger charge is 2.21. The zero-order valence-corrected chi connectivity index (χ0v) is 19.6. The number of carbonyl (C=O) groups excluding carboxylic acids is 1. The fourth-order valence-corrected chi connectivity index (χ4v) is 4.05. The molecular formula is C25H26FN5O4. The van der Waals surface area contributed by atoms with Gasteiger partial charge < -0.3 is 23.8 Å². The van der Waals surface area contributed by atoms with Gasteiger partial charge in [-0.3, -0.25) is 9.89 Å². The van der Waals surface area contributed by atoms with E-state index in [-0.39, 0.29) is 18.3 Å². The molecule has 2 aromatic heterocycles. The number of rotatable bonds is 7. The Bertz CT molecular complexity index is 1330. The number of fused-ring (bicyclic) bond motifs is 1. The number of H-pyrrole nitrogens is 1. The van der Waals surface area contributed by atoms with E-state index in [1.807, 2.05) is 17.0 Å². The smallest absolute Gasteiger partial charge is 0.253 e. The van der Waals surface area contributed by atoms with Gasteiger partial charge in [0, 0.05) is 61.9 Å². The van der Waals surface area contributed by atoms with Crippen LogP contribution < -0.4 is 4.74 Å². The van der Waals surface area contributed by atoms with Gasteiger partial charge >= 0.3 is 0 Å². The van der Waals surface area contributed by atoms with Gasteiger partial charge in [-0.2, -0.15) is 5.10 Å². The molecule has 5 rings (SSSR count). The highest BCUT2D eigenvalue weighted by Crippen LogP contribution is 2.32. The standard InChI is InChI=1S/C25H26FN5O4/c1-30-7-9-31(10-8-30)25(32)17-5-3-16(4-6-17)22-15-21(29-35-22)24-18-13-19(26)23(34-12-11-33-2)14-20(18)27-28-24/h3-6,13-15H,7-12H2,1-2H3,(H,27,28). The van der Waals surface area contributed by atoms with Crippen molar-refractivity contribution in [3.8, 4) is 28.5 Å². The van der Waals surface area contributed by atoms with Crippen molar-refractivity contribution in [2.75, 3.05) is 53.6 Å². The third kappa shape index (κ3) is 4.75. The van der Waals surface area contributed by atoms with Crippen LogP contribution >= 0.6 is 0 Å². The summed E-state index contributed by atoms with van der Waals surface area (Å²) in [7, 11) is 3.61. The maximum absolute atomic E-state index is 14.6. The normalized spacial score (nSPS) is 14.5. The number of halogens is 1. The van der Waals surface area contributed by atoms with Crippen molar-refractivity contribution in [3.63, 3.8) is 0 Å². The van der Waals surface area contributed by atoms with E-state index in [1.54, 1.807) is 31.4 Å². The number of hydrogen-bond acceptors (Lipinski definition) is 7. The number of piperazine rings is 1. The summed E-state index contributed by atoms with van der Waals surface area (Å²) >= 11 is 0. The van der Waals surface area contributed by atoms with E-state index < -0.39 is 5.82 Å². The number of nitrogens with zero attached hydrogens (tertiary/aromatic N) is 4. The molecule has 0 saturated carbocycles. The van der Waals surface area contributed by atoms with E-state index in [0.29, 0.717) is 40.2 Å². The lowest BCUT2D eigenvalue weighted by Gasteiger charge is -2.32. The minimum Gasteiger partial charge on any atom is -0.488 e. The van der Waals surface area contributed by atoms with E-state index in [9.17, 15) is 9.18 Å². The molecule has 0 atom stereocenters. The Morgan fingerprint density at radius 3 is 2.63 bits per heavy atom. The molecule has 0 bridgehead atoms. The van der Waals surface area contributed by atoms with Crippen molar-refractivity contribution < 1.29 is 23.2 Å². The molecule has 1 amide bonds. The van der Waals surface area contributed by atoms with Gasteiger partial charge in [0.05, 0.1) is 12.1 Å². The molecule has 1 saturated heterocycles. The van der Waals surface area contributed by atoms with Crippen LogP contribution in [0.4, 0.5) is 4.39 Å². The predicted octanol–water partition coefficient (Wildman–Crippen LogP) is 3.44. The maximum atomic E-state index is 14.6. The number of hydrogen-bond donors (Lipinski definition) is 1. The first-order valence-corrected chi connectivity index (χ1v) is 11.4. The molecule has 0 unspecified atom stereocenters. The number of carbonyl (C=O) groups is 1. The van der Waals surface area contributed by atoms with E-state index in [1.165, 1.54) is 6.07 Å². The molecule has 1 N–H and O–H groups in total. The Balaban J connectivity index is 1.33. The number of ether oxygens (including phenoxy) is 2. The first-order valence-electron chi connectivity index (χ1n) is 11.4. The predicted molar refractivity (Wildman–Crippen MR) is 128 cm³/mol. The first-order chi connectivity index (χ1) is 17.0. The van der Waals surface area contributed by atoms with Crippen LogP contribution in [0.5, 0.6) is 5.75 Å². The summed E-state index contributed by atoms with van der Waals surface area (Å²) in [4.78, 5) is 16.9. The second-order valence-electron chi connectivity index (χ2n) is 8.49. The summed E-state index contributed by atoms with van der Waals surface area (Å²) in [5, 5.41) is 11.9. The second kappa shape index (κ2) is 9.85. The molecule has 2 aromatic carbocycles. The maximum Gasteiger partial charge on any atom is 0.253 e. The Kier molecular flexibility index (Phi) is 6.47. The average molecular weight is 480 g/mol. The molecule has 0 aliphatic carbocycles. The van der Waals surface area contributed by atoms with Gasteiger partial charge in [0.2, 0.25) is 0 Å². The minimum absolute atomic E-state index is 0.0264. The lowest BCUT2D eigenvalue weighted by molar-refractivity contribution is 0.0664. The van der Waals surface area contributed by atoms with E-state index in [0.717, 1.165) is 31.7 Å². The van der Waals surface area contributed by atoms with Crippen molar-refractivity contribution in [2.45, 2.75) is 0 Å². The van der Waals surface area contributed by atoms with Gasteiger partial charge in [-0.25, -0.2) is 4.39 Å². The highest BCUT2D eigenvalue weighted by atomic mass is 19.1. The van der Waals surface area contributed by atoms with Gasteiger partial charge in [0.25, 0.3) is 5.91 Å².